The van der Waals surface area contributed by atoms with Crippen LogP contribution in [0.25, 0.3) is 0 Å². The Kier molecular flexibility index (Phi) is 3.55. The van der Waals surface area contributed by atoms with E-state index in [1.165, 1.54) is 0 Å². The van der Waals surface area contributed by atoms with Gasteiger partial charge in [0.25, 0.3) is 0 Å². The van der Waals surface area contributed by atoms with Crippen molar-refractivity contribution in [3.63, 3.8) is 0 Å². The molecule has 0 spiro atoms. The van der Waals surface area contributed by atoms with Gasteiger partial charge in [-0.05, 0) is 13.0 Å². The average molecular weight is 220 g/mol. The molecule has 1 heterocycles. The molecule has 1 aliphatic rings. The number of rotatable bonds is 3. The van der Waals surface area contributed by atoms with E-state index in [1.807, 2.05) is 7.05 Å². The zero-order valence-corrected chi connectivity index (χ0v) is 9.92. The van der Waals surface area contributed by atoms with Gasteiger partial charge in [-0.15, -0.1) is 0 Å². The molecular weight excluding hydrogens is 200 g/mol. The van der Waals surface area contributed by atoms with Crippen molar-refractivity contribution in [2.24, 2.45) is 11.7 Å². The minimum atomic E-state index is -2.89. The maximum atomic E-state index is 11.3. The summed E-state index contributed by atoms with van der Waals surface area (Å²) in [4.78, 5) is 2.07. The summed E-state index contributed by atoms with van der Waals surface area (Å²) in [6.45, 7) is 5.13. The molecular formula is C9H20N2O2S. The maximum absolute atomic E-state index is 11.3. The summed E-state index contributed by atoms with van der Waals surface area (Å²) >= 11 is 0. The van der Waals surface area contributed by atoms with Crippen LogP contribution in [-0.2, 0) is 9.84 Å². The quantitative estimate of drug-likeness (QED) is 0.709. The predicted molar refractivity (Wildman–Crippen MR) is 57.9 cm³/mol. The lowest BCUT2D eigenvalue weighted by Crippen LogP contribution is -2.46. The van der Waals surface area contributed by atoms with Crippen molar-refractivity contribution in [3.8, 4) is 0 Å². The van der Waals surface area contributed by atoms with E-state index in [1.54, 1.807) is 0 Å². The number of nitrogens with two attached hydrogens (primary N) is 1. The van der Waals surface area contributed by atoms with Gasteiger partial charge >= 0.3 is 0 Å². The van der Waals surface area contributed by atoms with Crippen LogP contribution in [0.5, 0.6) is 0 Å². The van der Waals surface area contributed by atoms with Gasteiger partial charge in [0.1, 0.15) is 0 Å². The van der Waals surface area contributed by atoms with E-state index in [0.29, 0.717) is 5.92 Å². The molecule has 0 aromatic heterocycles. The Hall–Kier alpha value is -0.130. The minimum Gasteiger partial charge on any atom is -0.325 e. The molecule has 2 atom stereocenters. The summed E-state index contributed by atoms with van der Waals surface area (Å²) in [6, 6.07) is -0.217. The van der Waals surface area contributed by atoms with Gasteiger partial charge in [0, 0.05) is 18.6 Å². The highest BCUT2D eigenvalue weighted by molar-refractivity contribution is 7.91. The summed E-state index contributed by atoms with van der Waals surface area (Å²) in [7, 11) is -0.942. The average Bonchev–Trinajstić information content (AvgIpc) is 2.23. The number of hydrogen-bond acceptors (Lipinski definition) is 4. The highest BCUT2D eigenvalue weighted by atomic mass is 32.2. The first-order valence-electron chi connectivity index (χ1n) is 4.98. The van der Waals surface area contributed by atoms with Crippen LogP contribution in [0.2, 0.25) is 0 Å². The zero-order chi connectivity index (χ0) is 10.9. The molecule has 84 valence electrons. The molecule has 0 radical (unpaired) electrons. The first-order valence-corrected chi connectivity index (χ1v) is 6.80. The van der Waals surface area contributed by atoms with Crippen LogP contribution in [0.1, 0.15) is 13.8 Å². The van der Waals surface area contributed by atoms with E-state index < -0.39 is 9.84 Å². The number of likely N-dealkylation sites (N-methyl/N-ethyl adjacent to an activating group) is 1. The number of sulfone groups is 1. The minimum absolute atomic E-state index is 0.00222. The molecule has 0 bridgehead atoms. The fraction of sp³-hybridized carbons (Fsp3) is 1.00. The van der Waals surface area contributed by atoms with Crippen LogP contribution in [0.3, 0.4) is 0 Å². The monoisotopic (exact) mass is 220 g/mol. The highest BCUT2D eigenvalue weighted by Crippen LogP contribution is 2.16. The molecule has 0 saturated carbocycles. The molecule has 0 amide bonds. The molecule has 2 unspecified atom stereocenters. The topological polar surface area (TPSA) is 63.4 Å². The van der Waals surface area contributed by atoms with Crippen LogP contribution < -0.4 is 5.73 Å². The van der Waals surface area contributed by atoms with E-state index in [9.17, 15) is 8.42 Å². The number of nitrogens with zero attached hydrogens (tertiary/aromatic N) is 1. The van der Waals surface area contributed by atoms with Gasteiger partial charge < -0.3 is 10.6 Å². The fourth-order valence-electron chi connectivity index (χ4n) is 2.02. The van der Waals surface area contributed by atoms with Crippen molar-refractivity contribution >= 4 is 9.84 Å². The Balaban J connectivity index is 2.61. The molecule has 4 nitrogen and oxygen atoms in total. The molecule has 0 aliphatic carbocycles. The Labute approximate surface area is 86.4 Å². The Morgan fingerprint density at radius 2 is 2.00 bits per heavy atom. The largest absolute Gasteiger partial charge is 0.325 e. The van der Waals surface area contributed by atoms with Crippen molar-refractivity contribution < 1.29 is 8.42 Å². The second kappa shape index (κ2) is 4.16. The molecule has 2 N–H and O–H groups in total. The molecule has 1 saturated heterocycles. The number of hydrogen-bond donors (Lipinski definition) is 1. The van der Waals surface area contributed by atoms with E-state index in [0.717, 1.165) is 6.54 Å². The lowest BCUT2D eigenvalue weighted by Gasteiger charge is -2.27. The van der Waals surface area contributed by atoms with E-state index in [2.05, 4.69) is 18.7 Å². The van der Waals surface area contributed by atoms with Gasteiger partial charge in [-0.3, -0.25) is 0 Å². The van der Waals surface area contributed by atoms with Crippen LogP contribution in [0.15, 0.2) is 0 Å². The van der Waals surface area contributed by atoms with Gasteiger partial charge in [0.2, 0.25) is 0 Å². The van der Waals surface area contributed by atoms with Gasteiger partial charge in [0.05, 0.1) is 11.5 Å². The van der Waals surface area contributed by atoms with Crippen molar-refractivity contribution in [2.45, 2.75) is 25.9 Å². The SMILES string of the molecule is CC(C)CN(C)C1CS(=O)(=O)CC1N. The van der Waals surface area contributed by atoms with Gasteiger partial charge in [-0.2, -0.15) is 0 Å². The summed E-state index contributed by atoms with van der Waals surface area (Å²) in [6.07, 6.45) is 0. The molecule has 0 aromatic rings. The third kappa shape index (κ3) is 2.93. The second-order valence-corrected chi connectivity index (χ2v) is 6.80. The van der Waals surface area contributed by atoms with E-state index >= 15 is 0 Å². The van der Waals surface area contributed by atoms with Gasteiger partial charge in [-0.25, -0.2) is 8.42 Å². The first kappa shape index (κ1) is 11.9. The predicted octanol–water partition coefficient (Wildman–Crippen LogP) is -0.301. The third-order valence-electron chi connectivity index (χ3n) is 2.58. The molecule has 0 aromatic carbocycles. The van der Waals surface area contributed by atoms with Crippen molar-refractivity contribution in [1.29, 1.82) is 0 Å². The molecule has 1 aliphatic heterocycles. The second-order valence-electron chi connectivity index (χ2n) is 4.64. The first-order chi connectivity index (χ1) is 6.32. The maximum Gasteiger partial charge on any atom is 0.153 e. The van der Waals surface area contributed by atoms with E-state index in [-0.39, 0.29) is 23.6 Å². The smallest absolute Gasteiger partial charge is 0.153 e. The molecule has 1 fully saturated rings. The molecule has 14 heavy (non-hydrogen) atoms. The lowest BCUT2D eigenvalue weighted by molar-refractivity contribution is 0.219. The lowest BCUT2D eigenvalue weighted by atomic mass is 10.1. The Morgan fingerprint density at radius 1 is 1.43 bits per heavy atom. The third-order valence-corrected chi connectivity index (χ3v) is 4.33. The summed E-state index contributed by atoms with van der Waals surface area (Å²) in [5.41, 5.74) is 5.81. The van der Waals surface area contributed by atoms with E-state index in [4.69, 9.17) is 5.73 Å². The standard InChI is InChI=1S/C9H20N2O2S/c1-7(2)4-11(3)9-6-14(12,13)5-8(9)10/h7-9H,4-6,10H2,1-3H3. The summed E-state index contributed by atoms with van der Waals surface area (Å²) in [5.74, 6) is 0.896. The highest BCUT2D eigenvalue weighted by Gasteiger charge is 2.37. The Bertz CT molecular complexity index is 287. The van der Waals surface area contributed by atoms with Crippen molar-refractivity contribution in [1.82, 2.24) is 4.90 Å². The van der Waals surface area contributed by atoms with Crippen LogP contribution in [0.4, 0.5) is 0 Å². The van der Waals surface area contributed by atoms with Crippen LogP contribution in [0, 0.1) is 5.92 Å². The zero-order valence-electron chi connectivity index (χ0n) is 9.10. The summed E-state index contributed by atoms with van der Waals surface area (Å²) < 4.78 is 22.7. The van der Waals surface area contributed by atoms with Gasteiger partial charge in [0.15, 0.2) is 9.84 Å². The fourth-order valence-corrected chi connectivity index (χ4v) is 3.99. The van der Waals surface area contributed by atoms with Crippen molar-refractivity contribution in [3.05, 3.63) is 0 Å². The van der Waals surface area contributed by atoms with Crippen LogP contribution in [-0.4, -0.2) is 50.5 Å². The normalized spacial score (nSPS) is 31.6. The molecule has 1 rings (SSSR count). The summed E-state index contributed by atoms with van der Waals surface area (Å²) in [5, 5.41) is 0. The van der Waals surface area contributed by atoms with Crippen LogP contribution >= 0.6 is 0 Å². The van der Waals surface area contributed by atoms with Gasteiger partial charge in [-0.1, -0.05) is 13.8 Å². The van der Waals surface area contributed by atoms with Crippen molar-refractivity contribution in [2.75, 3.05) is 25.1 Å². The molecule has 5 heteroatoms. The Morgan fingerprint density at radius 3 is 2.36 bits per heavy atom.